The number of benzene rings is 3. The predicted octanol–water partition coefficient (Wildman–Crippen LogP) is 4.47. The van der Waals surface area contributed by atoms with E-state index in [4.69, 9.17) is 26.4 Å². The van der Waals surface area contributed by atoms with Crippen LogP contribution in [0.2, 0.25) is 0 Å². The number of nitrogens with zero attached hydrogens (tertiary/aromatic N) is 1. The molecule has 0 radical (unpaired) electrons. The van der Waals surface area contributed by atoms with Crippen LogP contribution in [0.1, 0.15) is 26.3 Å². The van der Waals surface area contributed by atoms with Gasteiger partial charge in [-0.1, -0.05) is 23.9 Å². The zero-order valence-corrected chi connectivity index (χ0v) is 20.9. The third-order valence-electron chi connectivity index (χ3n) is 5.07. The van der Waals surface area contributed by atoms with Crippen LogP contribution in [0.3, 0.4) is 0 Å². The lowest BCUT2D eigenvalue weighted by Gasteiger charge is -2.15. The summed E-state index contributed by atoms with van der Waals surface area (Å²) in [6, 6.07) is 19.7. The maximum absolute atomic E-state index is 12.8. The molecule has 10 heteroatoms. The number of thioether (sulfide) groups is 1. The molecule has 1 N–H and O–H groups in total. The zero-order valence-electron chi connectivity index (χ0n) is 19.2. The number of ether oxygens (including phenoxy) is 3. The van der Waals surface area contributed by atoms with E-state index in [1.807, 2.05) is 0 Å². The van der Waals surface area contributed by atoms with Crippen molar-refractivity contribution in [1.29, 1.82) is 0 Å². The zero-order chi connectivity index (χ0) is 25.7. The second-order valence-electron chi connectivity index (χ2n) is 7.37. The molecule has 2 amide bonds. The highest BCUT2D eigenvalue weighted by molar-refractivity contribution is 8.26. The normalized spacial score (nSPS) is 14.1. The lowest BCUT2D eigenvalue weighted by atomic mass is 10.2. The van der Waals surface area contributed by atoms with Gasteiger partial charge in [0.2, 0.25) is 0 Å². The number of methoxy groups -OCH3 is 2. The molecule has 182 valence electrons. The van der Waals surface area contributed by atoms with Gasteiger partial charge in [-0.15, -0.1) is 0 Å². The Morgan fingerprint density at radius 3 is 1.92 bits per heavy atom. The largest absolute Gasteiger partial charge is 0.497 e. The second kappa shape index (κ2) is 11.1. The lowest BCUT2D eigenvalue weighted by molar-refractivity contribution is -0.123. The Hall–Kier alpha value is -4.15. The number of thiocarbonyl (C=S) groups is 1. The van der Waals surface area contributed by atoms with Gasteiger partial charge < -0.3 is 14.2 Å². The van der Waals surface area contributed by atoms with Gasteiger partial charge in [0.15, 0.2) is 4.32 Å². The van der Waals surface area contributed by atoms with Gasteiger partial charge in [0.05, 0.1) is 24.7 Å². The van der Waals surface area contributed by atoms with E-state index in [2.05, 4.69) is 5.43 Å². The van der Waals surface area contributed by atoms with Crippen molar-refractivity contribution in [3.63, 3.8) is 0 Å². The Balaban J connectivity index is 1.39. The fraction of sp³-hybridized carbons (Fsp3) is 0.0769. The highest BCUT2D eigenvalue weighted by Crippen LogP contribution is 2.32. The minimum absolute atomic E-state index is 0.207. The molecule has 36 heavy (non-hydrogen) atoms. The van der Waals surface area contributed by atoms with E-state index in [9.17, 15) is 14.4 Å². The standard InChI is InChI=1S/C26H20N2O6S2/c1-32-19-11-5-17(6-12-19)23(29)27-28-24(30)22(36-26(28)35)15-16-3-9-21(10-4-16)34-25(31)18-7-13-20(33-2)14-8-18/h3-15H,1-2H3,(H,27,29)/b22-15+. The van der Waals surface area contributed by atoms with Crippen LogP contribution >= 0.6 is 24.0 Å². The summed E-state index contributed by atoms with van der Waals surface area (Å²) < 4.78 is 15.8. The van der Waals surface area contributed by atoms with Crippen LogP contribution in [-0.2, 0) is 4.79 Å². The molecule has 3 aromatic rings. The third-order valence-corrected chi connectivity index (χ3v) is 6.38. The highest BCUT2D eigenvalue weighted by atomic mass is 32.2. The molecule has 1 aliphatic heterocycles. The van der Waals surface area contributed by atoms with Crippen molar-refractivity contribution in [3.8, 4) is 17.2 Å². The number of rotatable bonds is 7. The fourth-order valence-electron chi connectivity index (χ4n) is 3.15. The monoisotopic (exact) mass is 520 g/mol. The summed E-state index contributed by atoms with van der Waals surface area (Å²) in [5, 5.41) is 1.05. The van der Waals surface area contributed by atoms with Crippen LogP contribution in [0.15, 0.2) is 77.7 Å². The van der Waals surface area contributed by atoms with E-state index in [1.54, 1.807) is 86.0 Å². The Kier molecular flexibility index (Phi) is 7.67. The van der Waals surface area contributed by atoms with Gasteiger partial charge in [0.1, 0.15) is 17.2 Å². The summed E-state index contributed by atoms with van der Waals surface area (Å²) in [6.45, 7) is 0. The van der Waals surface area contributed by atoms with E-state index in [-0.39, 0.29) is 4.32 Å². The van der Waals surface area contributed by atoms with Crippen molar-refractivity contribution in [2.45, 2.75) is 0 Å². The SMILES string of the molecule is COc1ccc(C(=O)NN2C(=O)/C(=C\c3ccc(OC(=O)c4ccc(OC)cc4)cc3)SC2=S)cc1. The molecule has 8 nitrogen and oxygen atoms in total. The maximum atomic E-state index is 12.8. The molecule has 1 fully saturated rings. The summed E-state index contributed by atoms with van der Waals surface area (Å²) in [7, 11) is 3.08. The maximum Gasteiger partial charge on any atom is 0.343 e. The summed E-state index contributed by atoms with van der Waals surface area (Å²) in [4.78, 5) is 38.1. The summed E-state index contributed by atoms with van der Waals surface area (Å²) >= 11 is 6.35. The van der Waals surface area contributed by atoms with Gasteiger partial charge in [-0.2, -0.15) is 5.01 Å². The molecule has 0 bridgehead atoms. The van der Waals surface area contributed by atoms with Crippen molar-refractivity contribution < 1.29 is 28.6 Å². The first kappa shape index (κ1) is 25.0. The summed E-state index contributed by atoms with van der Waals surface area (Å²) in [5.74, 6) is 0.189. The molecule has 4 rings (SSSR count). The van der Waals surface area contributed by atoms with Crippen molar-refractivity contribution in [3.05, 3.63) is 94.4 Å². The Labute approximate surface area is 216 Å². The molecule has 1 aliphatic rings. The molecule has 0 unspecified atom stereocenters. The quantitative estimate of drug-likeness (QED) is 0.211. The lowest BCUT2D eigenvalue weighted by Crippen LogP contribution is -2.44. The minimum Gasteiger partial charge on any atom is -0.497 e. The third kappa shape index (κ3) is 5.73. The van der Waals surface area contributed by atoms with E-state index in [0.29, 0.717) is 38.8 Å². The average Bonchev–Trinajstić information content (AvgIpc) is 3.17. The van der Waals surface area contributed by atoms with E-state index in [0.717, 1.165) is 16.8 Å². The number of nitrogens with one attached hydrogen (secondary N) is 1. The fourth-order valence-corrected chi connectivity index (χ4v) is 4.33. The number of hydrazine groups is 1. The number of carbonyl (C=O) groups is 3. The molecule has 1 heterocycles. The second-order valence-corrected chi connectivity index (χ2v) is 9.05. The molecule has 0 aliphatic carbocycles. The predicted molar refractivity (Wildman–Crippen MR) is 140 cm³/mol. The smallest absolute Gasteiger partial charge is 0.343 e. The van der Waals surface area contributed by atoms with Gasteiger partial charge in [-0.05, 0) is 84.5 Å². The first-order valence-electron chi connectivity index (χ1n) is 10.6. The molecule has 0 atom stereocenters. The van der Waals surface area contributed by atoms with Crippen molar-refractivity contribution >= 4 is 52.2 Å². The van der Waals surface area contributed by atoms with Crippen molar-refractivity contribution in [1.82, 2.24) is 10.4 Å². The van der Waals surface area contributed by atoms with Crippen LogP contribution in [0.4, 0.5) is 0 Å². The summed E-state index contributed by atoms with van der Waals surface area (Å²) in [6.07, 6.45) is 1.65. The molecule has 0 spiro atoms. The Morgan fingerprint density at radius 1 is 0.833 bits per heavy atom. The molecule has 0 aromatic heterocycles. The van der Waals surface area contributed by atoms with Crippen molar-refractivity contribution in [2.75, 3.05) is 14.2 Å². The van der Waals surface area contributed by atoms with Crippen LogP contribution < -0.4 is 19.6 Å². The van der Waals surface area contributed by atoms with E-state index < -0.39 is 17.8 Å². The van der Waals surface area contributed by atoms with Gasteiger partial charge in [-0.25, -0.2) is 4.79 Å². The Bertz CT molecular complexity index is 1340. The van der Waals surface area contributed by atoms with Gasteiger partial charge in [0.25, 0.3) is 11.8 Å². The number of carbonyl (C=O) groups excluding carboxylic acids is 3. The number of esters is 1. The van der Waals surface area contributed by atoms with Gasteiger partial charge in [0, 0.05) is 5.56 Å². The van der Waals surface area contributed by atoms with E-state index in [1.165, 1.54) is 7.11 Å². The van der Waals surface area contributed by atoms with Crippen LogP contribution in [0.5, 0.6) is 17.2 Å². The highest BCUT2D eigenvalue weighted by Gasteiger charge is 2.33. The molecular formula is C26H20N2O6S2. The average molecular weight is 521 g/mol. The number of hydrogen-bond donors (Lipinski definition) is 1. The minimum atomic E-state index is -0.501. The molecule has 3 aromatic carbocycles. The van der Waals surface area contributed by atoms with Crippen LogP contribution in [0, 0.1) is 0 Å². The first-order valence-corrected chi connectivity index (χ1v) is 11.8. The van der Waals surface area contributed by atoms with Crippen LogP contribution in [-0.4, -0.2) is 41.3 Å². The summed E-state index contributed by atoms with van der Waals surface area (Å²) in [5.41, 5.74) is 3.98. The number of hydrogen-bond acceptors (Lipinski definition) is 8. The van der Waals surface area contributed by atoms with Crippen molar-refractivity contribution in [2.24, 2.45) is 0 Å². The van der Waals surface area contributed by atoms with Gasteiger partial charge in [-0.3, -0.25) is 15.0 Å². The number of amides is 2. The topological polar surface area (TPSA) is 94.2 Å². The van der Waals surface area contributed by atoms with E-state index >= 15 is 0 Å². The first-order chi connectivity index (χ1) is 17.4. The van der Waals surface area contributed by atoms with Crippen LogP contribution in [0.25, 0.3) is 6.08 Å². The van der Waals surface area contributed by atoms with Gasteiger partial charge >= 0.3 is 5.97 Å². The molecule has 1 saturated heterocycles. The molecular weight excluding hydrogens is 500 g/mol. The Morgan fingerprint density at radius 2 is 1.36 bits per heavy atom. The molecule has 0 saturated carbocycles.